The fourth-order valence-electron chi connectivity index (χ4n) is 4.07. The molecule has 1 saturated carbocycles. The Kier molecular flexibility index (Phi) is 12.0. The molecule has 6 heteroatoms. The van der Waals surface area contributed by atoms with Gasteiger partial charge in [0, 0.05) is 22.2 Å². The second-order valence-electron chi connectivity index (χ2n) is 8.33. The summed E-state index contributed by atoms with van der Waals surface area (Å²) in [6.45, 7) is 7.87. The molecule has 1 fully saturated rings. The number of nitrogens with one attached hydrogen (secondary N) is 1. The Morgan fingerprint density at radius 1 is 1.15 bits per heavy atom. The third-order valence-electron chi connectivity index (χ3n) is 6.04. The van der Waals surface area contributed by atoms with E-state index in [0.717, 1.165) is 11.3 Å². The van der Waals surface area contributed by atoms with Gasteiger partial charge in [0.1, 0.15) is 5.82 Å². The van der Waals surface area contributed by atoms with Crippen molar-refractivity contribution in [3.05, 3.63) is 70.6 Å². The average Bonchev–Trinajstić information content (AvgIpc) is 2.89. The number of amides is 1. The van der Waals surface area contributed by atoms with Gasteiger partial charge in [-0.2, -0.15) is 0 Å². The second-order valence-corrected chi connectivity index (χ2v) is 8.74. The zero-order valence-corrected chi connectivity index (χ0v) is 21.6. The third kappa shape index (κ3) is 8.07. The minimum Gasteiger partial charge on any atom is -0.394 e. The number of aryl methyl sites for hydroxylation is 1. The van der Waals surface area contributed by atoms with E-state index in [2.05, 4.69) is 22.2 Å². The second kappa shape index (κ2) is 14.7. The summed E-state index contributed by atoms with van der Waals surface area (Å²) in [5, 5.41) is 13.8. The molecule has 0 aliphatic heterocycles. The maximum absolute atomic E-state index is 12.5. The van der Waals surface area contributed by atoms with Crippen LogP contribution in [0, 0.1) is 12.8 Å². The topological polar surface area (TPSA) is 75.1 Å². The number of rotatable bonds is 5. The molecule has 3 aromatic rings. The lowest BCUT2D eigenvalue weighted by atomic mass is 9.88. The molecule has 1 atom stereocenters. The Morgan fingerprint density at radius 3 is 2.47 bits per heavy atom. The fraction of sp³-hybridized carbons (Fsp3) is 0.464. The number of aliphatic hydroxyl groups excluding tert-OH is 1. The van der Waals surface area contributed by atoms with Crippen LogP contribution in [0.15, 0.2) is 48.7 Å². The molecule has 4 rings (SSSR count). The van der Waals surface area contributed by atoms with Gasteiger partial charge in [0.15, 0.2) is 0 Å². The van der Waals surface area contributed by atoms with Crippen molar-refractivity contribution in [2.45, 2.75) is 72.3 Å². The molecule has 0 saturated heterocycles. The first kappa shape index (κ1) is 27.7. The number of benzene rings is 2. The maximum atomic E-state index is 12.5. The lowest BCUT2D eigenvalue weighted by Gasteiger charge is -2.18. The number of aromatic nitrogens is 2. The van der Waals surface area contributed by atoms with Crippen molar-refractivity contribution in [1.82, 2.24) is 15.3 Å². The first-order valence-electron chi connectivity index (χ1n) is 12.4. The molecule has 1 amide bonds. The monoisotopic (exact) mass is 483 g/mol. The number of nitrogens with zero attached hydrogens (tertiary/aromatic N) is 2. The van der Waals surface area contributed by atoms with Crippen molar-refractivity contribution in [3.8, 4) is 0 Å². The molecule has 34 heavy (non-hydrogen) atoms. The summed E-state index contributed by atoms with van der Waals surface area (Å²) < 4.78 is 0. The zero-order chi connectivity index (χ0) is 24.9. The highest BCUT2D eigenvalue weighted by molar-refractivity contribution is 6.31. The maximum Gasteiger partial charge on any atom is 0.251 e. The van der Waals surface area contributed by atoms with Gasteiger partial charge in [0.05, 0.1) is 18.2 Å². The lowest BCUT2D eigenvalue weighted by Crippen LogP contribution is -2.31. The normalized spacial score (nSPS) is 14.3. The highest BCUT2D eigenvalue weighted by Crippen LogP contribution is 2.25. The van der Waals surface area contributed by atoms with Gasteiger partial charge in [-0.25, -0.2) is 9.97 Å². The average molecular weight is 484 g/mol. The lowest BCUT2D eigenvalue weighted by molar-refractivity contribution is 0.0916. The van der Waals surface area contributed by atoms with E-state index in [0.29, 0.717) is 27.5 Å². The van der Waals surface area contributed by atoms with Crippen LogP contribution in [0.3, 0.4) is 0 Å². The van der Waals surface area contributed by atoms with Crippen LogP contribution in [0.4, 0.5) is 0 Å². The standard InChI is InChI=1S/C18H16ClN3O2.C8H16.C2H6/c1-11-20-9-13-7-6-12(8-16(13)21-11)18(24)22-17(10-23)14-4-2-3-5-15(14)19;1-2-8-6-4-3-5-7-8;1-2/h2-9,17,23H,10H2,1H3,(H,22,24);8H,2-7H2,1H3;1-2H3. The van der Waals surface area contributed by atoms with Crippen LogP contribution in [-0.4, -0.2) is 27.6 Å². The summed E-state index contributed by atoms with van der Waals surface area (Å²) in [6.07, 6.45) is 10.7. The SMILES string of the molecule is CC.CCC1CCCCC1.Cc1ncc2ccc(C(=O)NC(CO)c3ccccc3Cl)cc2n1. The predicted molar refractivity (Wildman–Crippen MR) is 141 cm³/mol. The van der Waals surface area contributed by atoms with Crippen LogP contribution in [0.2, 0.25) is 5.02 Å². The number of fused-ring (bicyclic) bond motifs is 1. The number of carbonyl (C=O) groups excluding carboxylic acids is 1. The zero-order valence-electron chi connectivity index (χ0n) is 20.9. The van der Waals surface area contributed by atoms with Gasteiger partial charge in [0.25, 0.3) is 5.91 Å². The molecule has 1 unspecified atom stereocenters. The summed E-state index contributed by atoms with van der Waals surface area (Å²) in [5.74, 6) is 1.43. The van der Waals surface area contributed by atoms with Crippen molar-refractivity contribution in [1.29, 1.82) is 0 Å². The van der Waals surface area contributed by atoms with Crippen molar-refractivity contribution in [2.24, 2.45) is 5.92 Å². The van der Waals surface area contributed by atoms with E-state index in [1.54, 1.807) is 49.5 Å². The largest absolute Gasteiger partial charge is 0.394 e. The van der Waals surface area contributed by atoms with E-state index in [1.165, 1.54) is 38.5 Å². The Hall–Kier alpha value is -2.50. The molecular formula is C28H38ClN3O2. The third-order valence-corrected chi connectivity index (χ3v) is 6.38. The Bertz CT molecular complexity index is 1040. The highest BCUT2D eigenvalue weighted by atomic mass is 35.5. The predicted octanol–water partition coefficient (Wildman–Crippen LogP) is 7.06. The summed E-state index contributed by atoms with van der Waals surface area (Å²) in [7, 11) is 0. The van der Waals surface area contributed by atoms with Crippen LogP contribution in [0.25, 0.3) is 10.9 Å². The Morgan fingerprint density at radius 2 is 1.85 bits per heavy atom. The van der Waals surface area contributed by atoms with Gasteiger partial charge in [-0.05, 0) is 36.6 Å². The molecule has 1 aromatic heterocycles. The van der Waals surface area contributed by atoms with E-state index < -0.39 is 6.04 Å². The number of hydrogen-bond acceptors (Lipinski definition) is 4. The van der Waals surface area contributed by atoms with Gasteiger partial charge in [-0.3, -0.25) is 4.79 Å². The molecular weight excluding hydrogens is 446 g/mol. The Labute approximate surface area is 209 Å². The van der Waals surface area contributed by atoms with Gasteiger partial charge in [-0.1, -0.05) is 95.2 Å². The number of halogens is 1. The molecule has 2 N–H and O–H groups in total. The van der Waals surface area contributed by atoms with Crippen molar-refractivity contribution in [3.63, 3.8) is 0 Å². The summed E-state index contributed by atoms with van der Waals surface area (Å²) >= 11 is 6.14. The van der Waals surface area contributed by atoms with Crippen LogP contribution in [-0.2, 0) is 0 Å². The van der Waals surface area contributed by atoms with Gasteiger partial charge >= 0.3 is 0 Å². The highest BCUT2D eigenvalue weighted by Gasteiger charge is 2.17. The molecule has 1 aliphatic rings. The van der Waals surface area contributed by atoms with Crippen LogP contribution in [0.1, 0.15) is 87.1 Å². The van der Waals surface area contributed by atoms with E-state index in [1.807, 2.05) is 19.9 Å². The van der Waals surface area contributed by atoms with Gasteiger partial charge < -0.3 is 10.4 Å². The van der Waals surface area contributed by atoms with Crippen molar-refractivity contribution < 1.29 is 9.90 Å². The molecule has 0 radical (unpaired) electrons. The Balaban J connectivity index is 0.000000343. The fourth-order valence-corrected chi connectivity index (χ4v) is 4.34. The molecule has 1 aliphatic carbocycles. The quantitative estimate of drug-likeness (QED) is 0.407. The van der Waals surface area contributed by atoms with E-state index in [9.17, 15) is 9.90 Å². The first-order chi connectivity index (χ1) is 16.5. The molecule has 1 heterocycles. The number of hydrogen-bond donors (Lipinski definition) is 2. The molecule has 0 spiro atoms. The number of aliphatic hydroxyl groups is 1. The summed E-state index contributed by atoms with van der Waals surface area (Å²) in [5.41, 5.74) is 1.84. The minimum atomic E-state index is -0.575. The summed E-state index contributed by atoms with van der Waals surface area (Å²) in [6, 6.07) is 11.8. The molecule has 184 valence electrons. The first-order valence-corrected chi connectivity index (χ1v) is 12.8. The van der Waals surface area contributed by atoms with E-state index >= 15 is 0 Å². The molecule has 5 nitrogen and oxygen atoms in total. The van der Waals surface area contributed by atoms with Gasteiger partial charge in [-0.15, -0.1) is 0 Å². The smallest absolute Gasteiger partial charge is 0.251 e. The molecule has 0 bridgehead atoms. The van der Waals surface area contributed by atoms with Gasteiger partial charge in [0.2, 0.25) is 0 Å². The van der Waals surface area contributed by atoms with Crippen LogP contribution in [0.5, 0.6) is 0 Å². The van der Waals surface area contributed by atoms with Crippen molar-refractivity contribution >= 4 is 28.4 Å². The van der Waals surface area contributed by atoms with E-state index in [4.69, 9.17) is 11.6 Å². The number of carbonyl (C=O) groups is 1. The van der Waals surface area contributed by atoms with E-state index in [-0.39, 0.29) is 12.5 Å². The summed E-state index contributed by atoms with van der Waals surface area (Å²) in [4.78, 5) is 21.0. The minimum absolute atomic E-state index is 0.246. The van der Waals surface area contributed by atoms with Crippen molar-refractivity contribution in [2.75, 3.05) is 6.61 Å². The molecule has 2 aromatic carbocycles. The van der Waals surface area contributed by atoms with Crippen LogP contribution < -0.4 is 5.32 Å². The van der Waals surface area contributed by atoms with Crippen LogP contribution >= 0.6 is 11.6 Å².